The molecule has 0 aromatic heterocycles. The Hall–Kier alpha value is -3.90. The Morgan fingerprint density at radius 1 is 1.03 bits per heavy atom. The number of nitrogens with zero attached hydrogens (tertiary/aromatic N) is 3. The molecule has 1 aliphatic rings. The van der Waals surface area contributed by atoms with Crippen molar-refractivity contribution in [1.82, 2.24) is 0 Å². The summed E-state index contributed by atoms with van der Waals surface area (Å²) in [6.07, 6.45) is -5.19. The van der Waals surface area contributed by atoms with Gasteiger partial charge in [0.2, 0.25) is 11.3 Å². The van der Waals surface area contributed by atoms with Gasteiger partial charge in [-0.3, -0.25) is 4.79 Å². The van der Waals surface area contributed by atoms with Gasteiger partial charge in [-0.2, -0.15) is 13.2 Å². The predicted octanol–water partition coefficient (Wildman–Crippen LogP) is 5.17. The highest BCUT2D eigenvalue weighted by atomic mass is 35.5. The monoisotopic (exact) mass is 487 g/mol. The molecule has 10 heteroatoms. The third-order valence-corrected chi connectivity index (χ3v) is 5.75. The maximum absolute atomic E-state index is 13.3. The number of carbonyl (C=O) groups excluding carboxylic acids is 2. The predicted molar refractivity (Wildman–Crippen MR) is 118 cm³/mol. The Morgan fingerprint density at radius 2 is 1.56 bits per heavy atom. The van der Waals surface area contributed by atoms with Crippen molar-refractivity contribution in [3.63, 3.8) is 0 Å². The summed E-state index contributed by atoms with van der Waals surface area (Å²) in [5, 5.41) is 18.4. The Labute approximate surface area is 197 Å². The van der Waals surface area contributed by atoms with Crippen LogP contribution in [-0.2, 0) is 15.0 Å². The molecule has 3 aromatic rings. The molecular formula is C24H17ClF3N3O3. The third-order valence-electron chi connectivity index (χ3n) is 5.50. The van der Waals surface area contributed by atoms with Crippen molar-refractivity contribution >= 4 is 34.9 Å². The second-order valence-corrected chi connectivity index (χ2v) is 8.04. The molecule has 3 aromatic carbocycles. The summed E-state index contributed by atoms with van der Waals surface area (Å²) in [6, 6.07) is 24.2. The summed E-state index contributed by atoms with van der Waals surface area (Å²) in [7, 11) is 0. The van der Waals surface area contributed by atoms with Crippen LogP contribution in [0.1, 0.15) is 24.1 Å². The van der Waals surface area contributed by atoms with Crippen molar-refractivity contribution in [3.05, 3.63) is 100.0 Å². The zero-order valence-corrected chi connectivity index (χ0v) is 18.4. The molecule has 0 aliphatic carbocycles. The maximum atomic E-state index is 13.3. The molecule has 34 heavy (non-hydrogen) atoms. The van der Waals surface area contributed by atoms with Gasteiger partial charge in [0.25, 0.3) is 0 Å². The lowest BCUT2D eigenvalue weighted by atomic mass is 9.64. The summed E-state index contributed by atoms with van der Waals surface area (Å²) >= 11 is 6.07. The fourth-order valence-corrected chi connectivity index (χ4v) is 3.94. The molecule has 2 atom stereocenters. The van der Waals surface area contributed by atoms with Crippen LogP contribution in [0.25, 0.3) is 4.98 Å². The van der Waals surface area contributed by atoms with E-state index in [9.17, 15) is 18.0 Å². The first-order chi connectivity index (χ1) is 16.0. The van der Waals surface area contributed by atoms with Gasteiger partial charge in [0.05, 0.1) is 11.5 Å². The second-order valence-electron chi connectivity index (χ2n) is 7.60. The first kappa shape index (κ1) is 24.7. The van der Waals surface area contributed by atoms with Crippen LogP contribution in [-0.4, -0.2) is 18.1 Å². The molecule has 6 nitrogen and oxygen atoms in total. The van der Waals surface area contributed by atoms with E-state index in [1.54, 1.807) is 12.1 Å². The number of carboxylic acid groups (broad SMARTS) is 1. The number of carbonyl (C=O) groups is 2. The van der Waals surface area contributed by atoms with Crippen LogP contribution in [0.5, 0.6) is 0 Å². The number of hydrogen-bond donors (Lipinski definition) is 0. The number of carboxylic acids is 1. The highest BCUT2D eigenvalue weighted by Gasteiger charge is 2.59. The summed E-state index contributed by atoms with van der Waals surface area (Å²) < 4.78 is 31.5. The van der Waals surface area contributed by atoms with Gasteiger partial charge in [-0.1, -0.05) is 41.9 Å². The lowest BCUT2D eigenvalue weighted by molar-refractivity contribution is -0.344. The van der Waals surface area contributed by atoms with E-state index in [-0.39, 0.29) is 11.9 Å². The van der Waals surface area contributed by atoms with Gasteiger partial charge in [0, 0.05) is 22.8 Å². The highest BCUT2D eigenvalue weighted by molar-refractivity contribution is 6.30. The Morgan fingerprint density at radius 3 is 2.03 bits per heavy atom. The number of para-hydroxylation sites is 1. The van der Waals surface area contributed by atoms with Crippen molar-refractivity contribution in [1.29, 1.82) is 5.39 Å². The molecule has 0 unspecified atom stereocenters. The SMILES string of the molecule is C[C@]1(c2ccc([N+]#N)cc2)C(=O)N(c2ccccc2)[C@@H]1c1ccc(Cl)cc1.O=C([O-])C(F)(F)F. The highest BCUT2D eigenvalue weighted by Crippen LogP contribution is 2.53. The van der Waals surface area contributed by atoms with E-state index in [1.807, 2.05) is 78.6 Å². The quantitative estimate of drug-likeness (QED) is 0.376. The van der Waals surface area contributed by atoms with Gasteiger partial charge in [-0.05, 0) is 54.4 Å². The number of hydrogen-bond acceptors (Lipinski definition) is 4. The van der Waals surface area contributed by atoms with E-state index in [2.05, 4.69) is 4.98 Å². The fraction of sp³-hybridized carbons (Fsp3) is 0.167. The van der Waals surface area contributed by atoms with Gasteiger partial charge in [-0.15, -0.1) is 0 Å². The number of diazo groups is 1. The van der Waals surface area contributed by atoms with Crippen molar-refractivity contribution in [2.24, 2.45) is 0 Å². The van der Waals surface area contributed by atoms with Crippen LogP contribution in [0.2, 0.25) is 5.02 Å². The number of aliphatic carboxylic acids is 1. The number of benzene rings is 3. The summed E-state index contributed by atoms with van der Waals surface area (Å²) in [5.74, 6) is -2.98. The van der Waals surface area contributed by atoms with Crippen molar-refractivity contribution in [2.75, 3.05) is 4.90 Å². The topological polar surface area (TPSA) is 88.6 Å². The van der Waals surface area contributed by atoms with Gasteiger partial charge < -0.3 is 14.8 Å². The molecule has 0 spiro atoms. The number of rotatable bonds is 3. The standard InChI is InChI=1S/C22H17ClN3O.C2HF3O2/c1-22(16-9-13-18(25-24)14-10-16)20(15-7-11-17(23)12-8-15)26(21(22)27)19-5-3-2-4-6-19;3-2(4,5)1(6)7/h2-14,20H,1H3;(H,6,7)/q+1;/p-1/t20-,22-;/m1./s1. The van der Waals surface area contributed by atoms with E-state index in [1.165, 1.54) is 0 Å². The van der Waals surface area contributed by atoms with Crippen LogP contribution in [0.3, 0.4) is 0 Å². The van der Waals surface area contributed by atoms with Crippen LogP contribution < -0.4 is 10.0 Å². The minimum absolute atomic E-state index is 0.0299. The number of alkyl halides is 3. The second kappa shape index (κ2) is 9.53. The van der Waals surface area contributed by atoms with Gasteiger partial charge in [-0.25, -0.2) is 0 Å². The molecule has 0 saturated carbocycles. The molecular weight excluding hydrogens is 471 g/mol. The van der Waals surface area contributed by atoms with Gasteiger partial charge in [0.1, 0.15) is 5.97 Å². The summed E-state index contributed by atoms with van der Waals surface area (Å²) in [6.45, 7) is 1.96. The number of β-lactam (4-membered cyclic amide) rings is 1. The van der Waals surface area contributed by atoms with Gasteiger partial charge in [0.15, 0.2) is 4.98 Å². The minimum Gasteiger partial charge on any atom is -0.542 e. The van der Waals surface area contributed by atoms with E-state index < -0.39 is 17.6 Å². The van der Waals surface area contributed by atoms with Crippen LogP contribution in [0.4, 0.5) is 24.5 Å². The van der Waals surface area contributed by atoms with E-state index >= 15 is 0 Å². The Bertz CT molecular complexity index is 1230. The Balaban J connectivity index is 0.000000406. The lowest BCUT2D eigenvalue weighted by Crippen LogP contribution is -2.65. The molecule has 0 radical (unpaired) electrons. The van der Waals surface area contributed by atoms with E-state index in [0.29, 0.717) is 10.7 Å². The average molecular weight is 488 g/mol. The number of halogens is 4. The van der Waals surface area contributed by atoms with Gasteiger partial charge >= 0.3 is 11.9 Å². The summed E-state index contributed by atoms with van der Waals surface area (Å²) in [4.78, 5) is 27.1. The summed E-state index contributed by atoms with van der Waals surface area (Å²) in [5.41, 5.74) is 2.49. The first-order valence-electron chi connectivity index (χ1n) is 9.88. The molecule has 1 fully saturated rings. The van der Waals surface area contributed by atoms with E-state index in [0.717, 1.165) is 16.8 Å². The molecule has 1 heterocycles. The minimum atomic E-state index is -5.19. The van der Waals surface area contributed by atoms with Crippen LogP contribution >= 0.6 is 11.6 Å². The van der Waals surface area contributed by atoms with Crippen molar-refractivity contribution in [2.45, 2.75) is 24.6 Å². The molecule has 1 saturated heterocycles. The van der Waals surface area contributed by atoms with Crippen LogP contribution in [0, 0.1) is 5.39 Å². The zero-order chi connectivity index (χ0) is 25.1. The zero-order valence-electron chi connectivity index (χ0n) is 17.7. The Kier molecular flexibility index (Phi) is 6.93. The number of anilines is 1. The smallest absolute Gasteiger partial charge is 0.430 e. The van der Waals surface area contributed by atoms with Crippen molar-refractivity contribution in [3.8, 4) is 0 Å². The maximum Gasteiger partial charge on any atom is 0.430 e. The van der Waals surface area contributed by atoms with E-state index in [4.69, 9.17) is 26.9 Å². The number of amides is 1. The lowest BCUT2D eigenvalue weighted by Gasteiger charge is -2.55. The average Bonchev–Trinajstić information content (AvgIpc) is 2.83. The normalized spacial score (nSPS) is 19.4. The van der Waals surface area contributed by atoms with Crippen LogP contribution in [0.15, 0.2) is 78.9 Å². The molecule has 4 rings (SSSR count). The molecule has 0 bridgehead atoms. The fourth-order valence-electron chi connectivity index (χ4n) is 3.81. The van der Waals surface area contributed by atoms with Crippen molar-refractivity contribution < 1.29 is 27.9 Å². The molecule has 174 valence electrons. The molecule has 1 amide bonds. The first-order valence-corrected chi connectivity index (χ1v) is 10.3. The molecule has 0 N–H and O–H groups in total. The largest absolute Gasteiger partial charge is 0.542 e. The molecule has 1 aliphatic heterocycles. The third kappa shape index (κ3) is 4.72.